The molecule has 0 spiro atoms. The summed E-state index contributed by atoms with van der Waals surface area (Å²) in [5, 5.41) is 0. The van der Waals surface area contributed by atoms with Crippen LogP contribution in [0.3, 0.4) is 0 Å². The molecule has 0 atom stereocenters. The van der Waals surface area contributed by atoms with Crippen molar-refractivity contribution in [1.82, 2.24) is 9.55 Å². The van der Waals surface area contributed by atoms with Gasteiger partial charge in [0.05, 0.1) is 5.69 Å². The molecular weight excluding hydrogens is 262 g/mol. The largest absolute Gasteiger partial charge is 0.333 e. The number of aromatic nitrogens is 2. The van der Waals surface area contributed by atoms with Crippen LogP contribution in [-0.4, -0.2) is 22.6 Å². The molecule has 2 aromatic carbocycles. The highest BCUT2D eigenvalue weighted by Gasteiger charge is 2.13. The molecule has 0 aliphatic carbocycles. The van der Waals surface area contributed by atoms with Gasteiger partial charge in [-0.1, -0.05) is 48.5 Å². The summed E-state index contributed by atoms with van der Waals surface area (Å²) in [7, 11) is 1.75. The van der Waals surface area contributed by atoms with Crippen LogP contribution in [0.15, 0.2) is 73.2 Å². The Balaban J connectivity index is 1.85. The van der Waals surface area contributed by atoms with E-state index in [9.17, 15) is 4.79 Å². The number of amides is 1. The summed E-state index contributed by atoms with van der Waals surface area (Å²) in [5.74, 6) is 0. The second-order valence-electron chi connectivity index (χ2n) is 4.71. The lowest BCUT2D eigenvalue weighted by molar-refractivity contribution is 0.249. The zero-order valence-corrected chi connectivity index (χ0v) is 11.7. The Labute approximate surface area is 123 Å². The second-order valence-corrected chi connectivity index (χ2v) is 4.71. The molecule has 0 N–H and O–H groups in total. The third kappa shape index (κ3) is 2.69. The van der Waals surface area contributed by atoms with Crippen molar-refractivity contribution in [2.24, 2.45) is 0 Å². The van der Waals surface area contributed by atoms with E-state index >= 15 is 0 Å². The summed E-state index contributed by atoms with van der Waals surface area (Å²) in [6.07, 6.45) is 3.29. The zero-order valence-electron chi connectivity index (χ0n) is 11.7. The molecule has 0 saturated heterocycles. The van der Waals surface area contributed by atoms with Crippen LogP contribution in [0.25, 0.3) is 11.3 Å². The number of anilines is 1. The first-order chi connectivity index (χ1) is 10.3. The predicted octanol–water partition coefficient (Wildman–Crippen LogP) is 3.65. The average molecular weight is 277 g/mol. The SMILES string of the molecule is CN(C(=O)n1cnc(-c2ccccc2)c1)c1ccccc1. The van der Waals surface area contributed by atoms with E-state index < -0.39 is 0 Å². The van der Waals surface area contributed by atoms with E-state index in [0.29, 0.717) is 0 Å². The van der Waals surface area contributed by atoms with Gasteiger partial charge in [0.1, 0.15) is 6.33 Å². The third-order valence-electron chi connectivity index (χ3n) is 3.30. The summed E-state index contributed by atoms with van der Waals surface area (Å²) in [4.78, 5) is 18.3. The smallest absolute Gasteiger partial charge is 0.297 e. The summed E-state index contributed by atoms with van der Waals surface area (Å²) < 4.78 is 1.50. The fourth-order valence-electron chi connectivity index (χ4n) is 2.12. The summed E-state index contributed by atoms with van der Waals surface area (Å²) >= 11 is 0. The minimum atomic E-state index is -0.143. The first kappa shape index (κ1) is 13.1. The molecule has 0 fully saturated rings. The van der Waals surface area contributed by atoms with Gasteiger partial charge < -0.3 is 0 Å². The van der Waals surface area contributed by atoms with Crippen molar-refractivity contribution < 1.29 is 4.79 Å². The molecule has 1 amide bonds. The molecule has 4 nitrogen and oxygen atoms in total. The number of para-hydroxylation sites is 1. The number of hydrogen-bond donors (Lipinski definition) is 0. The Morgan fingerprint density at radius 2 is 1.62 bits per heavy atom. The lowest BCUT2D eigenvalue weighted by Gasteiger charge is -2.16. The molecule has 4 heteroatoms. The van der Waals surface area contributed by atoms with Gasteiger partial charge in [0, 0.05) is 24.5 Å². The molecule has 0 aliphatic heterocycles. The van der Waals surface area contributed by atoms with E-state index in [2.05, 4.69) is 4.98 Å². The highest BCUT2D eigenvalue weighted by atomic mass is 16.2. The number of imidazole rings is 1. The van der Waals surface area contributed by atoms with Crippen LogP contribution in [0.5, 0.6) is 0 Å². The Kier molecular flexibility index (Phi) is 3.51. The van der Waals surface area contributed by atoms with Crippen molar-refractivity contribution in [3.63, 3.8) is 0 Å². The Hall–Kier alpha value is -2.88. The van der Waals surface area contributed by atoms with Crippen LogP contribution in [0, 0.1) is 0 Å². The number of carbonyl (C=O) groups excluding carboxylic acids is 1. The molecule has 21 heavy (non-hydrogen) atoms. The van der Waals surface area contributed by atoms with Crippen molar-refractivity contribution >= 4 is 11.7 Å². The van der Waals surface area contributed by atoms with Gasteiger partial charge >= 0.3 is 6.03 Å². The Bertz CT molecular complexity index is 735. The highest BCUT2D eigenvalue weighted by molar-refractivity contribution is 5.93. The second kappa shape index (κ2) is 5.63. The minimum absolute atomic E-state index is 0.143. The van der Waals surface area contributed by atoms with E-state index in [1.54, 1.807) is 24.5 Å². The molecule has 0 saturated carbocycles. The quantitative estimate of drug-likeness (QED) is 0.717. The predicted molar refractivity (Wildman–Crippen MR) is 83.3 cm³/mol. The molecule has 0 unspecified atom stereocenters. The third-order valence-corrected chi connectivity index (χ3v) is 3.30. The maximum atomic E-state index is 12.4. The van der Waals surface area contributed by atoms with Gasteiger partial charge in [-0.05, 0) is 12.1 Å². The van der Waals surface area contributed by atoms with E-state index in [1.807, 2.05) is 60.7 Å². The van der Waals surface area contributed by atoms with Crippen molar-refractivity contribution in [2.75, 3.05) is 11.9 Å². The maximum absolute atomic E-state index is 12.4. The van der Waals surface area contributed by atoms with E-state index in [1.165, 1.54) is 4.57 Å². The molecule has 3 aromatic rings. The molecule has 104 valence electrons. The topological polar surface area (TPSA) is 38.1 Å². The van der Waals surface area contributed by atoms with Gasteiger partial charge in [0.2, 0.25) is 0 Å². The molecule has 1 heterocycles. The van der Waals surface area contributed by atoms with E-state index in [0.717, 1.165) is 16.9 Å². The van der Waals surface area contributed by atoms with Gasteiger partial charge in [0.15, 0.2) is 0 Å². The molecule has 3 rings (SSSR count). The normalized spacial score (nSPS) is 10.3. The van der Waals surface area contributed by atoms with Crippen molar-refractivity contribution in [3.05, 3.63) is 73.2 Å². The number of rotatable bonds is 2. The highest BCUT2D eigenvalue weighted by Crippen LogP contribution is 2.17. The summed E-state index contributed by atoms with van der Waals surface area (Å²) in [6, 6.07) is 19.2. The Morgan fingerprint density at radius 1 is 1.00 bits per heavy atom. The van der Waals surface area contributed by atoms with Crippen molar-refractivity contribution in [3.8, 4) is 11.3 Å². The lowest BCUT2D eigenvalue weighted by atomic mass is 10.2. The number of nitrogens with zero attached hydrogens (tertiary/aromatic N) is 3. The fraction of sp³-hybridized carbons (Fsp3) is 0.0588. The zero-order chi connectivity index (χ0) is 14.7. The molecule has 0 radical (unpaired) electrons. The summed E-state index contributed by atoms with van der Waals surface area (Å²) in [5.41, 5.74) is 2.62. The summed E-state index contributed by atoms with van der Waals surface area (Å²) in [6.45, 7) is 0. The van der Waals surface area contributed by atoms with Gasteiger partial charge in [-0.2, -0.15) is 0 Å². The monoisotopic (exact) mass is 277 g/mol. The van der Waals surface area contributed by atoms with Gasteiger partial charge in [0.25, 0.3) is 0 Å². The average Bonchev–Trinajstić information content (AvgIpc) is 3.05. The number of hydrogen-bond acceptors (Lipinski definition) is 2. The molecule has 0 bridgehead atoms. The van der Waals surface area contributed by atoms with Crippen molar-refractivity contribution in [1.29, 1.82) is 0 Å². The number of benzene rings is 2. The van der Waals surface area contributed by atoms with Crippen LogP contribution in [0.1, 0.15) is 0 Å². The van der Waals surface area contributed by atoms with Gasteiger partial charge in [-0.3, -0.25) is 9.47 Å². The van der Waals surface area contributed by atoms with Crippen LogP contribution in [0.2, 0.25) is 0 Å². The van der Waals surface area contributed by atoms with Gasteiger partial charge in [-0.15, -0.1) is 0 Å². The van der Waals surface area contributed by atoms with E-state index in [-0.39, 0.29) is 6.03 Å². The van der Waals surface area contributed by atoms with E-state index in [4.69, 9.17) is 0 Å². The standard InChI is InChI=1S/C17H15N3O/c1-19(15-10-6-3-7-11-15)17(21)20-12-16(18-13-20)14-8-4-2-5-9-14/h2-13H,1H3. The van der Waals surface area contributed by atoms with Crippen LogP contribution in [-0.2, 0) is 0 Å². The first-order valence-corrected chi connectivity index (χ1v) is 6.68. The van der Waals surface area contributed by atoms with Crippen LogP contribution >= 0.6 is 0 Å². The Morgan fingerprint density at radius 3 is 2.29 bits per heavy atom. The van der Waals surface area contributed by atoms with Gasteiger partial charge in [-0.25, -0.2) is 9.78 Å². The minimum Gasteiger partial charge on any atom is -0.297 e. The van der Waals surface area contributed by atoms with Crippen LogP contribution in [0.4, 0.5) is 10.5 Å². The van der Waals surface area contributed by atoms with Crippen molar-refractivity contribution in [2.45, 2.75) is 0 Å². The molecular formula is C17H15N3O. The first-order valence-electron chi connectivity index (χ1n) is 6.68. The fourth-order valence-corrected chi connectivity index (χ4v) is 2.12. The maximum Gasteiger partial charge on any atom is 0.333 e. The van der Waals surface area contributed by atoms with Crippen LogP contribution < -0.4 is 4.90 Å². The molecule has 0 aliphatic rings. The lowest BCUT2D eigenvalue weighted by Crippen LogP contribution is -2.30. The number of carbonyl (C=O) groups is 1. The molecule has 1 aromatic heterocycles.